The van der Waals surface area contributed by atoms with Gasteiger partial charge in [0.05, 0.1) is 6.54 Å². The summed E-state index contributed by atoms with van der Waals surface area (Å²) in [6, 6.07) is 10.1. The fraction of sp³-hybridized carbons (Fsp3) is 0.579. The number of hydrogen-bond acceptors (Lipinski definition) is 2. The third-order valence-electron chi connectivity index (χ3n) is 3.72. The number of nitrogens with zero attached hydrogens (tertiary/aromatic N) is 1. The number of aliphatic imine (C=N–C) groups is 1. The van der Waals surface area contributed by atoms with Crippen molar-refractivity contribution in [3.63, 3.8) is 0 Å². The summed E-state index contributed by atoms with van der Waals surface area (Å²) >= 11 is 0. The number of carbonyl (C=O) groups excluding carboxylic acids is 1. The van der Waals surface area contributed by atoms with E-state index in [9.17, 15) is 4.79 Å². The number of guanidine groups is 1. The zero-order valence-corrected chi connectivity index (χ0v) is 18.0. The molecule has 0 aromatic heterocycles. The summed E-state index contributed by atoms with van der Waals surface area (Å²) in [5.74, 6) is 1.41. The van der Waals surface area contributed by atoms with Crippen LogP contribution in [0.4, 0.5) is 0 Å². The van der Waals surface area contributed by atoms with Gasteiger partial charge in [0.2, 0.25) is 5.91 Å². The van der Waals surface area contributed by atoms with Crippen molar-refractivity contribution in [2.24, 2.45) is 10.9 Å². The first kappa shape index (κ1) is 23.7. The lowest BCUT2D eigenvalue weighted by Crippen LogP contribution is -2.43. The molecular weight excluding hydrogens is 427 g/mol. The molecule has 0 heterocycles. The van der Waals surface area contributed by atoms with Gasteiger partial charge in [-0.15, -0.1) is 24.0 Å². The Morgan fingerprint density at radius 2 is 1.76 bits per heavy atom. The van der Waals surface area contributed by atoms with E-state index in [1.165, 1.54) is 18.4 Å². The smallest absolute Gasteiger partial charge is 0.239 e. The predicted molar refractivity (Wildman–Crippen MR) is 117 cm³/mol. The van der Waals surface area contributed by atoms with E-state index in [4.69, 9.17) is 0 Å². The number of rotatable bonds is 10. The maximum atomic E-state index is 11.8. The first-order valence-corrected chi connectivity index (χ1v) is 8.87. The SMILES string of the molecule is CN=C(NCCCCC(C)C)NCC(=O)NCCc1ccccc1.I. The van der Waals surface area contributed by atoms with Crippen LogP contribution >= 0.6 is 24.0 Å². The van der Waals surface area contributed by atoms with Gasteiger partial charge in [-0.3, -0.25) is 9.79 Å². The van der Waals surface area contributed by atoms with Crippen molar-refractivity contribution < 1.29 is 4.79 Å². The molecule has 142 valence electrons. The van der Waals surface area contributed by atoms with Gasteiger partial charge in [0.25, 0.3) is 0 Å². The molecule has 0 aliphatic heterocycles. The molecule has 6 heteroatoms. The van der Waals surface area contributed by atoms with Gasteiger partial charge in [0.15, 0.2) is 5.96 Å². The second kappa shape index (κ2) is 15.0. The maximum absolute atomic E-state index is 11.8. The fourth-order valence-electron chi connectivity index (χ4n) is 2.32. The standard InChI is InChI=1S/C19H32N4O.HI/c1-16(2)9-7-8-13-22-19(20-3)23-15-18(24)21-14-12-17-10-5-4-6-11-17;/h4-6,10-11,16H,7-9,12-15H2,1-3H3,(H,21,24)(H2,20,22,23);1H. The van der Waals surface area contributed by atoms with Gasteiger partial charge in [-0.25, -0.2) is 0 Å². The summed E-state index contributed by atoms with van der Waals surface area (Å²) < 4.78 is 0. The molecule has 0 atom stereocenters. The molecule has 0 saturated heterocycles. The molecule has 1 aromatic rings. The highest BCUT2D eigenvalue weighted by atomic mass is 127. The van der Waals surface area contributed by atoms with Crippen LogP contribution in [0, 0.1) is 5.92 Å². The van der Waals surface area contributed by atoms with Crippen LogP contribution in [0.1, 0.15) is 38.7 Å². The summed E-state index contributed by atoms with van der Waals surface area (Å²) in [5.41, 5.74) is 1.23. The van der Waals surface area contributed by atoms with Crippen molar-refractivity contribution in [3.05, 3.63) is 35.9 Å². The predicted octanol–water partition coefficient (Wildman–Crippen LogP) is 2.95. The van der Waals surface area contributed by atoms with E-state index >= 15 is 0 Å². The molecule has 1 rings (SSSR count). The average molecular weight is 460 g/mol. The van der Waals surface area contributed by atoms with E-state index in [1.807, 2.05) is 18.2 Å². The lowest BCUT2D eigenvalue weighted by atomic mass is 10.1. The normalized spacial score (nSPS) is 11.0. The molecule has 25 heavy (non-hydrogen) atoms. The second-order valence-electron chi connectivity index (χ2n) is 6.33. The highest BCUT2D eigenvalue weighted by Gasteiger charge is 2.03. The second-order valence-corrected chi connectivity index (χ2v) is 6.33. The number of amides is 1. The van der Waals surface area contributed by atoms with E-state index in [1.54, 1.807) is 7.05 Å². The van der Waals surface area contributed by atoms with Crippen LogP contribution in [-0.2, 0) is 11.2 Å². The molecule has 0 aliphatic rings. The molecule has 5 nitrogen and oxygen atoms in total. The largest absolute Gasteiger partial charge is 0.356 e. The number of nitrogens with one attached hydrogen (secondary N) is 3. The van der Waals surface area contributed by atoms with Crippen molar-refractivity contribution in [2.45, 2.75) is 39.5 Å². The first-order valence-electron chi connectivity index (χ1n) is 8.87. The Balaban J connectivity index is 0.00000576. The Kier molecular flexibility index (Phi) is 14.2. The van der Waals surface area contributed by atoms with Crippen LogP contribution in [0.25, 0.3) is 0 Å². The Hall–Kier alpha value is -1.31. The third kappa shape index (κ3) is 12.7. The molecule has 0 saturated carbocycles. The summed E-state index contributed by atoms with van der Waals surface area (Å²) in [7, 11) is 1.72. The van der Waals surface area contributed by atoms with Crippen LogP contribution in [0.3, 0.4) is 0 Å². The lowest BCUT2D eigenvalue weighted by Gasteiger charge is -2.12. The van der Waals surface area contributed by atoms with Gasteiger partial charge in [-0.2, -0.15) is 0 Å². The van der Waals surface area contributed by atoms with Crippen molar-refractivity contribution in [2.75, 3.05) is 26.7 Å². The summed E-state index contributed by atoms with van der Waals surface area (Å²) in [4.78, 5) is 16.0. The number of carbonyl (C=O) groups is 1. The molecule has 0 aliphatic carbocycles. The molecular formula is C19H33IN4O. The maximum Gasteiger partial charge on any atom is 0.239 e. The first-order chi connectivity index (χ1) is 11.6. The molecule has 0 radical (unpaired) electrons. The highest BCUT2D eigenvalue weighted by Crippen LogP contribution is 2.04. The van der Waals surface area contributed by atoms with E-state index < -0.39 is 0 Å². The van der Waals surface area contributed by atoms with E-state index in [2.05, 4.69) is 46.9 Å². The number of halogens is 1. The average Bonchev–Trinajstić information content (AvgIpc) is 2.58. The lowest BCUT2D eigenvalue weighted by molar-refractivity contribution is -0.119. The zero-order chi connectivity index (χ0) is 17.6. The molecule has 0 spiro atoms. The minimum absolute atomic E-state index is 0. The van der Waals surface area contributed by atoms with E-state index in [0.717, 1.165) is 25.3 Å². The van der Waals surface area contributed by atoms with Gasteiger partial charge in [-0.1, -0.05) is 57.0 Å². The summed E-state index contributed by atoms with van der Waals surface area (Å²) in [5, 5.41) is 9.20. The fourth-order valence-corrected chi connectivity index (χ4v) is 2.32. The van der Waals surface area contributed by atoms with Gasteiger partial charge in [0, 0.05) is 20.1 Å². The van der Waals surface area contributed by atoms with Crippen LogP contribution in [-0.4, -0.2) is 38.5 Å². The monoisotopic (exact) mass is 460 g/mol. The number of unbranched alkanes of at least 4 members (excludes halogenated alkanes) is 1. The van der Waals surface area contributed by atoms with Crippen molar-refractivity contribution in [1.29, 1.82) is 0 Å². The Labute approximate surface area is 169 Å². The van der Waals surface area contributed by atoms with Crippen molar-refractivity contribution in [3.8, 4) is 0 Å². The summed E-state index contributed by atoms with van der Waals surface area (Å²) in [6.07, 6.45) is 4.41. The molecule has 0 bridgehead atoms. The Morgan fingerprint density at radius 1 is 1.04 bits per heavy atom. The van der Waals surface area contributed by atoms with Gasteiger partial charge >= 0.3 is 0 Å². The summed E-state index contributed by atoms with van der Waals surface area (Å²) in [6.45, 7) is 6.24. The molecule has 1 aromatic carbocycles. The molecule has 1 amide bonds. The van der Waals surface area contributed by atoms with Crippen LogP contribution in [0.2, 0.25) is 0 Å². The Morgan fingerprint density at radius 3 is 2.40 bits per heavy atom. The third-order valence-corrected chi connectivity index (χ3v) is 3.72. The van der Waals surface area contributed by atoms with Gasteiger partial charge < -0.3 is 16.0 Å². The van der Waals surface area contributed by atoms with Crippen LogP contribution < -0.4 is 16.0 Å². The topological polar surface area (TPSA) is 65.5 Å². The van der Waals surface area contributed by atoms with E-state index in [-0.39, 0.29) is 36.4 Å². The highest BCUT2D eigenvalue weighted by molar-refractivity contribution is 14.0. The number of benzene rings is 1. The van der Waals surface area contributed by atoms with E-state index in [0.29, 0.717) is 12.5 Å². The van der Waals surface area contributed by atoms with Gasteiger partial charge in [-0.05, 0) is 24.3 Å². The molecule has 0 fully saturated rings. The van der Waals surface area contributed by atoms with Crippen LogP contribution in [0.15, 0.2) is 35.3 Å². The quantitative estimate of drug-likeness (QED) is 0.218. The zero-order valence-electron chi connectivity index (χ0n) is 15.7. The van der Waals surface area contributed by atoms with Crippen molar-refractivity contribution in [1.82, 2.24) is 16.0 Å². The molecule has 0 unspecified atom stereocenters. The Bertz CT molecular complexity index is 491. The van der Waals surface area contributed by atoms with Crippen molar-refractivity contribution >= 4 is 35.8 Å². The minimum atomic E-state index is -0.0197. The van der Waals surface area contributed by atoms with Gasteiger partial charge in [0.1, 0.15) is 0 Å². The minimum Gasteiger partial charge on any atom is -0.356 e. The molecule has 3 N–H and O–H groups in total. The number of hydrogen-bond donors (Lipinski definition) is 3. The van der Waals surface area contributed by atoms with Crippen LogP contribution in [0.5, 0.6) is 0 Å².